The molecule has 0 spiro atoms. The molecule has 124 valence electrons. The Labute approximate surface area is 141 Å². The number of hydrogen-bond donors (Lipinski definition) is 1. The van der Waals surface area contributed by atoms with Crippen molar-refractivity contribution in [2.75, 3.05) is 33.0 Å². The van der Waals surface area contributed by atoms with Crippen molar-refractivity contribution in [1.82, 2.24) is 4.90 Å². The van der Waals surface area contributed by atoms with Crippen LogP contribution in [0, 0.1) is 0 Å². The molecular formula is C15H16BrNO6. The first-order valence-corrected chi connectivity index (χ1v) is 8.05. The Morgan fingerprint density at radius 2 is 2.04 bits per heavy atom. The number of carboxylic acids is 1. The number of carbonyl (C=O) groups excluding carboxylic acids is 1. The summed E-state index contributed by atoms with van der Waals surface area (Å²) in [4.78, 5) is 25.3. The number of carboxylic acid groups (broad SMARTS) is 1. The standard InChI is InChI=1S/C15H16BrNO6/c16-11-5-9(6-12-14(11)23-4-3-22-12)15(20)17-1-2-21-8-10(17)7-13(18)19/h5-6,10H,1-4,7-8H2,(H,18,19). The van der Waals surface area contributed by atoms with Gasteiger partial charge in [0, 0.05) is 12.1 Å². The fourth-order valence-corrected chi connectivity index (χ4v) is 3.25. The van der Waals surface area contributed by atoms with Gasteiger partial charge in [-0.3, -0.25) is 9.59 Å². The number of aliphatic carboxylic acids is 1. The van der Waals surface area contributed by atoms with Crippen LogP contribution in [-0.4, -0.2) is 60.9 Å². The fourth-order valence-electron chi connectivity index (χ4n) is 2.69. The van der Waals surface area contributed by atoms with Gasteiger partial charge in [-0.2, -0.15) is 0 Å². The molecule has 2 aliphatic rings. The number of carbonyl (C=O) groups is 2. The topological polar surface area (TPSA) is 85.3 Å². The van der Waals surface area contributed by atoms with Crippen LogP contribution in [0.1, 0.15) is 16.8 Å². The summed E-state index contributed by atoms with van der Waals surface area (Å²) in [5, 5.41) is 9.00. The zero-order valence-electron chi connectivity index (χ0n) is 12.3. The predicted molar refractivity (Wildman–Crippen MR) is 83.0 cm³/mol. The Balaban J connectivity index is 1.86. The lowest BCUT2D eigenvalue weighted by atomic mass is 10.1. The van der Waals surface area contributed by atoms with E-state index in [-0.39, 0.29) is 18.9 Å². The number of nitrogens with zero attached hydrogens (tertiary/aromatic N) is 1. The van der Waals surface area contributed by atoms with Crippen LogP contribution < -0.4 is 9.47 Å². The zero-order valence-corrected chi connectivity index (χ0v) is 13.9. The van der Waals surface area contributed by atoms with E-state index in [0.717, 1.165) is 0 Å². The highest BCUT2D eigenvalue weighted by Gasteiger charge is 2.31. The van der Waals surface area contributed by atoms with Gasteiger partial charge in [0.25, 0.3) is 5.91 Å². The van der Waals surface area contributed by atoms with Crippen molar-refractivity contribution in [3.8, 4) is 11.5 Å². The van der Waals surface area contributed by atoms with E-state index in [1.54, 1.807) is 17.0 Å². The molecule has 7 nitrogen and oxygen atoms in total. The van der Waals surface area contributed by atoms with Crippen LogP contribution in [-0.2, 0) is 9.53 Å². The molecule has 1 amide bonds. The third kappa shape index (κ3) is 3.42. The van der Waals surface area contributed by atoms with Gasteiger partial charge in [-0.1, -0.05) is 0 Å². The maximum Gasteiger partial charge on any atom is 0.305 e. The number of ether oxygens (including phenoxy) is 3. The lowest BCUT2D eigenvalue weighted by Crippen LogP contribution is -2.49. The number of morpholine rings is 1. The summed E-state index contributed by atoms with van der Waals surface area (Å²) in [6, 6.07) is 2.83. The molecule has 8 heteroatoms. The molecule has 2 heterocycles. The first-order valence-electron chi connectivity index (χ1n) is 7.26. The summed E-state index contributed by atoms with van der Waals surface area (Å²) in [6.45, 7) is 1.87. The van der Waals surface area contributed by atoms with Crippen molar-refractivity contribution in [2.45, 2.75) is 12.5 Å². The van der Waals surface area contributed by atoms with Gasteiger partial charge in [0.2, 0.25) is 0 Å². The molecule has 1 atom stereocenters. The average Bonchev–Trinajstić information content (AvgIpc) is 2.54. The molecule has 1 unspecified atom stereocenters. The smallest absolute Gasteiger partial charge is 0.305 e. The van der Waals surface area contributed by atoms with Crippen molar-refractivity contribution < 1.29 is 28.9 Å². The molecule has 0 radical (unpaired) electrons. The van der Waals surface area contributed by atoms with Gasteiger partial charge in [0.1, 0.15) is 13.2 Å². The van der Waals surface area contributed by atoms with Crippen molar-refractivity contribution in [2.24, 2.45) is 0 Å². The largest absolute Gasteiger partial charge is 0.486 e. The first kappa shape index (κ1) is 16.1. The van der Waals surface area contributed by atoms with E-state index in [4.69, 9.17) is 19.3 Å². The summed E-state index contributed by atoms with van der Waals surface area (Å²) in [7, 11) is 0. The van der Waals surface area contributed by atoms with E-state index in [0.29, 0.717) is 47.9 Å². The molecule has 1 N–H and O–H groups in total. The third-order valence-electron chi connectivity index (χ3n) is 3.74. The molecule has 1 aromatic carbocycles. The molecule has 0 aliphatic carbocycles. The zero-order chi connectivity index (χ0) is 16.4. The molecule has 1 aromatic rings. The number of amides is 1. The predicted octanol–water partition coefficient (Wildman–Crippen LogP) is 1.54. The van der Waals surface area contributed by atoms with E-state index < -0.39 is 12.0 Å². The second-order valence-corrected chi connectivity index (χ2v) is 6.16. The normalized spacial score (nSPS) is 20.2. The van der Waals surface area contributed by atoms with Crippen molar-refractivity contribution in [3.63, 3.8) is 0 Å². The first-order chi connectivity index (χ1) is 11.1. The molecule has 0 bridgehead atoms. The van der Waals surface area contributed by atoms with E-state index in [1.165, 1.54) is 0 Å². The van der Waals surface area contributed by atoms with Gasteiger partial charge in [0.15, 0.2) is 11.5 Å². The van der Waals surface area contributed by atoms with Crippen LogP contribution in [0.2, 0.25) is 0 Å². The molecular weight excluding hydrogens is 370 g/mol. The van der Waals surface area contributed by atoms with Gasteiger partial charge >= 0.3 is 5.97 Å². The van der Waals surface area contributed by atoms with Crippen LogP contribution in [0.3, 0.4) is 0 Å². The summed E-state index contributed by atoms with van der Waals surface area (Å²) in [6.07, 6.45) is -0.141. The lowest BCUT2D eigenvalue weighted by molar-refractivity contribution is -0.139. The number of rotatable bonds is 3. The van der Waals surface area contributed by atoms with Crippen LogP contribution in [0.4, 0.5) is 0 Å². The Bertz CT molecular complexity index is 635. The van der Waals surface area contributed by atoms with Gasteiger partial charge < -0.3 is 24.2 Å². The molecule has 23 heavy (non-hydrogen) atoms. The number of hydrogen-bond acceptors (Lipinski definition) is 5. The third-order valence-corrected chi connectivity index (χ3v) is 4.33. The van der Waals surface area contributed by atoms with Gasteiger partial charge in [0.05, 0.1) is 30.1 Å². The van der Waals surface area contributed by atoms with Crippen molar-refractivity contribution in [3.05, 3.63) is 22.2 Å². The Kier molecular flexibility index (Phi) is 4.72. The van der Waals surface area contributed by atoms with E-state index in [1.807, 2.05) is 0 Å². The Morgan fingerprint density at radius 1 is 1.26 bits per heavy atom. The molecule has 1 saturated heterocycles. The van der Waals surface area contributed by atoms with E-state index in [9.17, 15) is 9.59 Å². The minimum absolute atomic E-state index is 0.141. The summed E-state index contributed by atoms with van der Waals surface area (Å²) < 4.78 is 17.0. The number of fused-ring (bicyclic) bond motifs is 1. The van der Waals surface area contributed by atoms with Gasteiger partial charge in [-0.05, 0) is 28.1 Å². The Hall–Kier alpha value is -1.80. The highest BCUT2D eigenvalue weighted by molar-refractivity contribution is 9.10. The highest BCUT2D eigenvalue weighted by Crippen LogP contribution is 2.39. The van der Waals surface area contributed by atoms with Crippen molar-refractivity contribution in [1.29, 1.82) is 0 Å². The molecule has 1 fully saturated rings. The maximum absolute atomic E-state index is 12.8. The Morgan fingerprint density at radius 3 is 2.83 bits per heavy atom. The van der Waals surface area contributed by atoms with E-state index >= 15 is 0 Å². The molecule has 0 saturated carbocycles. The molecule has 3 rings (SSSR count). The van der Waals surface area contributed by atoms with Gasteiger partial charge in [-0.15, -0.1) is 0 Å². The minimum Gasteiger partial charge on any atom is -0.486 e. The molecule has 0 aromatic heterocycles. The van der Waals surface area contributed by atoms with Crippen molar-refractivity contribution >= 4 is 27.8 Å². The number of halogens is 1. The summed E-state index contributed by atoms with van der Waals surface area (Å²) >= 11 is 3.39. The van der Waals surface area contributed by atoms with Crippen LogP contribution in [0.15, 0.2) is 16.6 Å². The summed E-state index contributed by atoms with van der Waals surface area (Å²) in [5.41, 5.74) is 0.429. The molecule has 2 aliphatic heterocycles. The number of benzene rings is 1. The van der Waals surface area contributed by atoms with Crippen LogP contribution in [0.25, 0.3) is 0 Å². The second kappa shape index (κ2) is 6.76. The second-order valence-electron chi connectivity index (χ2n) is 5.31. The summed E-state index contributed by atoms with van der Waals surface area (Å²) in [5.74, 6) is -0.104. The van der Waals surface area contributed by atoms with Gasteiger partial charge in [-0.25, -0.2) is 0 Å². The fraction of sp³-hybridized carbons (Fsp3) is 0.467. The highest BCUT2D eigenvalue weighted by atomic mass is 79.9. The SMILES string of the molecule is O=C(O)CC1COCCN1C(=O)c1cc(Br)c2c(c1)OCCO2. The quantitative estimate of drug-likeness (QED) is 0.849. The lowest BCUT2D eigenvalue weighted by Gasteiger charge is -2.35. The van der Waals surface area contributed by atoms with E-state index in [2.05, 4.69) is 15.9 Å². The minimum atomic E-state index is -0.957. The maximum atomic E-state index is 12.8. The average molecular weight is 386 g/mol. The van der Waals surface area contributed by atoms with Crippen LogP contribution >= 0.6 is 15.9 Å². The monoisotopic (exact) mass is 385 g/mol. The van der Waals surface area contributed by atoms with Crippen LogP contribution in [0.5, 0.6) is 11.5 Å².